The predicted octanol–water partition coefficient (Wildman–Crippen LogP) is 3.99. The zero-order valence-electron chi connectivity index (χ0n) is 11.4. The second kappa shape index (κ2) is 6.80. The lowest BCUT2D eigenvalue weighted by molar-refractivity contribution is -0.00571. The summed E-state index contributed by atoms with van der Waals surface area (Å²) in [5.74, 6) is 0.0453. The van der Waals surface area contributed by atoms with Crippen LogP contribution in [0.5, 0.6) is 0 Å². The van der Waals surface area contributed by atoms with Gasteiger partial charge in [-0.15, -0.1) is 0 Å². The third-order valence-electron chi connectivity index (χ3n) is 3.94. The summed E-state index contributed by atoms with van der Waals surface area (Å²) in [6.45, 7) is 2.23. The van der Waals surface area contributed by atoms with Crippen molar-refractivity contribution in [1.29, 1.82) is 0 Å². The van der Waals surface area contributed by atoms with Crippen LogP contribution in [0, 0.1) is 11.7 Å². The van der Waals surface area contributed by atoms with Crippen LogP contribution in [0.15, 0.2) is 24.3 Å². The summed E-state index contributed by atoms with van der Waals surface area (Å²) < 4.78 is 18.8. The maximum atomic E-state index is 13.0. The highest BCUT2D eigenvalue weighted by Crippen LogP contribution is 2.29. The van der Waals surface area contributed by atoms with Crippen molar-refractivity contribution in [1.82, 2.24) is 0 Å². The number of hydrogen-bond donors (Lipinski definition) is 0. The van der Waals surface area contributed by atoms with Gasteiger partial charge in [0.15, 0.2) is 5.78 Å². The van der Waals surface area contributed by atoms with E-state index in [4.69, 9.17) is 4.74 Å². The molecule has 1 saturated carbocycles. The van der Waals surface area contributed by atoms with Gasteiger partial charge in [0.25, 0.3) is 0 Å². The van der Waals surface area contributed by atoms with E-state index in [1.165, 1.54) is 31.4 Å². The SMILES string of the molecule is CCC1CCCCC1OCC(=O)c1cccc(F)c1. The number of carbonyl (C=O) groups is 1. The third kappa shape index (κ3) is 3.87. The highest BCUT2D eigenvalue weighted by Gasteiger charge is 2.25. The first-order valence-corrected chi connectivity index (χ1v) is 7.11. The summed E-state index contributed by atoms with van der Waals surface area (Å²) in [7, 11) is 0. The molecular weight excluding hydrogens is 243 g/mol. The van der Waals surface area contributed by atoms with Gasteiger partial charge in [0.1, 0.15) is 12.4 Å². The average Bonchev–Trinajstić information content (AvgIpc) is 2.45. The number of ether oxygens (including phenoxy) is 1. The van der Waals surface area contributed by atoms with Crippen molar-refractivity contribution in [3.05, 3.63) is 35.6 Å². The quantitative estimate of drug-likeness (QED) is 0.751. The van der Waals surface area contributed by atoms with Crippen molar-refractivity contribution < 1.29 is 13.9 Å². The predicted molar refractivity (Wildman–Crippen MR) is 72.7 cm³/mol. The standard InChI is InChI=1S/C16H21FO2/c1-2-12-6-3-4-9-16(12)19-11-15(18)13-7-5-8-14(17)10-13/h5,7-8,10,12,16H,2-4,6,9,11H2,1H3. The second-order valence-electron chi connectivity index (χ2n) is 5.24. The van der Waals surface area contributed by atoms with Crippen LogP contribution in [0.25, 0.3) is 0 Å². The van der Waals surface area contributed by atoms with Gasteiger partial charge in [-0.25, -0.2) is 4.39 Å². The average molecular weight is 264 g/mol. The Hall–Kier alpha value is -1.22. The fourth-order valence-corrected chi connectivity index (χ4v) is 2.79. The number of benzene rings is 1. The Balaban J connectivity index is 1.89. The number of carbonyl (C=O) groups excluding carboxylic acids is 1. The molecule has 0 spiro atoms. The number of halogens is 1. The fraction of sp³-hybridized carbons (Fsp3) is 0.562. The van der Waals surface area contributed by atoms with E-state index in [1.807, 2.05) is 0 Å². The van der Waals surface area contributed by atoms with Crippen molar-refractivity contribution >= 4 is 5.78 Å². The molecule has 1 aliphatic carbocycles. The molecule has 1 aliphatic rings. The summed E-state index contributed by atoms with van der Waals surface area (Å²) in [6, 6.07) is 5.79. The molecule has 19 heavy (non-hydrogen) atoms. The molecular formula is C16H21FO2. The molecule has 0 aromatic heterocycles. The van der Waals surface area contributed by atoms with E-state index in [2.05, 4.69) is 6.92 Å². The molecule has 0 radical (unpaired) electrons. The molecule has 0 heterocycles. The minimum atomic E-state index is -0.380. The second-order valence-corrected chi connectivity index (χ2v) is 5.24. The molecule has 3 heteroatoms. The number of Topliss-reactive ketones (excluding diaryl/α,β-unsaturated/α-hetero) is 1. The van der Waals surface area contributed by atoms with Crippen molar-refractivity contribution in [2.75, 3.05) is 6.61 Å². The van der Waals surface area contributed by atoms with Crippen molar-refractivity contribution in [2.24, 2.45) is 5.92 Å². The topological polar surface area (TPSA) is 26.3 Å². The largest absolute Gasteiger partial charge is 0.370 e. The lowest BCUT2D eigenvalue weighted by Crippen LogP contribution is -2.29. The van der Waals surface area contributed by atoms with Crippen LogP contribution in [0.3, 0.4) is 0 Å². The Labute approximate surface area is 114 Å². The molecule has 0 aliphatic heterocycles. The minimum Gasteiger partial charge on any atom is -0.370 e. The van der Waals surface area contributed by atoms with Gasteiger partial charge < -0.3 is 4.74 Å². The maximum Gasteiger partial charge on any atom is 0.188 e. The molecule has 2 rings (SSSR count). The molecule has 2 nitrogen and oxygen atoms in total. The maximum absolute atomic E-state index is 13.0. The minimum absolute atomic E-state index is 0.0601. The summed E-state index contributed by atoms with van der Waals surface area (Å²) >= 11 is 0. The van der Waals surface area contributed by atoms with Gasteiger partial charge in [0.2, 0.25) is 0 Å². The molecule has 1 aromatic rings. The van der Waals surface area contributed by atoms with Crippen LogP contribution in [0.4, 0.5) is 4.39 Å². The van der Waals surface area contributed by atoms with Gasteiger partial charge in [0, 0.05) is 5.56 Å². The van der Waals surface area contributed by atoms with Crippen LogP contribution in [-0.2, 0) is 4.74 Å². The van der Waals surface area contributed by atoms with E-state index < -0.39 is 0 Å². The monoisotopic (exact) mass is 264 g/mol. The number of ketones is 1. The Morgan fingerprint density at radius 2 is 2.16 bits per heavy atom. The molecule has 2 atom stereocenters. The smallest absolute Gasteiger partial charge is 0.188 e. The first kappa shape index (κ1) is 14.2. The highest BCUT2D eigenvalue weighted by molar-refractivity contribution is 5.97. The first-order valence-electron chi connectivity index (χ1n) is 7.11. The van der Waals surface area contributed by atoms with E-state index in [-0.39, 0.29) is 24.3 Å². The van der Waals surface area contributed by atoms with Crippen molar-refractivity contribution in [3.8, 4) is 0 Å². The van der Waals surface area contributed by atoms with Crippen LogP contribution >= 0.6 is 0 Å². The zero-order chi connectivity index (χ0) is 13.7. The number of rotatable bonds is 5. The Kier molecular flexibility index (Phi) is 5.08. The molecule has 0 amide bonds. The van der Waals surface area contributed by atoms with Crippen LogP contribution in [-0.4, -0.2) is 18.5 Å². The van der Waals surface area contributed by atoms with E-state index in [9.17, 15) is 9.18 Å². The molecule has 0 bridgehead atoms. The number of hydrogen-bond acceptors (Lipinski definition) is 2. The van der Waals surface area contributed by atoms with Gasteiger partial charge in [0.05, 0.1) is 6.10 Å². The first-order chi connectivity index (χ1) is 9.20. The highest BCUT2D eigenvalue weighted by atomic mass is 19.1. The Morgan fingerprint density at radius 1 is 1.37 bits per heavy atom. The van der Waals surface area contributed by atoms with Crippen LogP contribution < -0.4 is 0 Å². The van der Waals surface area contributed by atoms with E-state index in [0.29, 0.717) is 11.5 Å². The van der Waals surface area contributed by atoms with E-state index in [1.54, 1.807) is 12.1 Å². The normalized spacial score (nSPS) is 23.3. The summed E-state index contributed by atoms with van der Waals surface area (Å²) in [5, 5.41) is 0. The lowest BCUT2D eigenvalue weighted by atomic mass is 9.85. The summed E-state index contributed by atoms with van der Waals surface area (Å²) in [4.78, 5) is 11.9. The molecule has 1 aromatic carbocycles. The van der Waals surface area contributed by atoms with E-state index in [0.717, 1.165) is 12.8 Å². The van der Waals surface area contributed by atoms with Gasteiger partial charge in [-0.1, -0.05) is 38.3 Å². The fourth-order valence-electron chi connectivity index (χ4n) is 2.79. The van der Waals surface area contributed by atoms with Crippen molar-refractivity contribution in [2.45, 2.75) is 45.1 Å². The Bertz CT molecular complexity index is 431. The van der Waals surface area contributed by atoms with Gasteiger partial charge in [-0.05, 0) is 30.9 Å². The molecule has 0 saturated heterocycles. The molecule has 0 N–H and O–H groups in total. The zero-order valence-corrected chi connectivity index (χ0v) is 11.4. The molecule has 2 unspecified atom stereocenters. The summed E-state index contributed by atoms with van der Waals surface area (Å²) in [5.41, 5.74) is 0.392. The molecule has 104 valence electrons. The van der Waals surface area contributed by atoms with Gasteiger partial charge in [-0.3, -0.25) is 4.79 Å². The van der Waals surface area contributed by atoms with E-state index >= 15 is 0 Å². The van der Waals surface area contributed by atoms with Gasteiger partial charge in [-0.2, -0.15) is 0 Å². The molecule has 1 fully saturated rings. The Morgan fingerprint density at radius 3 is 2.89 bits per heavy atom. The van der Waals surface area contributed by atoms with Crippen LogP contribution in [0.2, 0.25) is 0 Å². The van der Waals surface area contributed by atoms with Crippen molar-refractivity contribution in [3.63, 3.8) is 0 Å². The third-order valence-corrected chi connectivity index (χ3v) is 3.94. The lowest BCUT2D eigenvalue weighted by Gasteiger charge is -2.30. The summed E-state index contributed by atoms with van der Waals surface area (Å²) in [6.07, 6.45) is 5.95. The van der Waals surface area contributed by atoms with Crippen LogP contribution in [0.1, 0.15) is 49.4 Å². The van der Waals surface area contributed by atoms with Gasteiger partial charge >= 0.3 is 0 Å².